The van der Waals surface area contributed by atoms with Crippen LogP contribution in [0.3, 0.4) is 0 Å². The lowest BCUT2D eigenvalue weighted by Gasteiger charge is -2.26. The van der Waals surface area contributed by atoms with Gasteiger partial charge in [0.25, 0.3) is 0 Å². The minimum atomic E-state index is -0.734. The topological polar surface area (TPSA) is 142 Å². The molecule has 0 aliphatic heterocycles. The molecule has 158 valence electrons. The molecule has 0 spiro atoms. The van der Waals surface area contributed by atoms with Crippen LogP contribution in [-0.2, 0) is 4.79 Å². The van der Waals surface area contributed by atoms with Gasteiger partial charge in [0, 0.05) is 18.4 Å². The van der Waals surface area contributed by atoms with E-state index in [1.807, 2.05) is 24.3 Å². The highest BCUT2D eigenvalue weighted by atomic mass is 16.5. The Morgan fingerprint density at radius 1 is 1.37 bits per heavy atom. The number of rotatable bonds is 6. The molecular weight excluding hydrogens is 384 g/mol. The average Bonchev–Trinajstić information content (AvgIpc) is 3.34. The van der Waals surface area contributed by atoms with E-state index < -0.39 is 5.97 Å². The van der Waals surface area contributed by atoms with Gasteiger partial charge in [-0.2, -0.15) is 0 Å². The van der Waals surface area contributed by atoms with Crippen molar-refractivity contribution >= 4 is 22.7 Å². The molecule has 1 saturated carbocycles. The van der Waals surface area contributed by atoms with Crippen LogP contribution < -0.4 is 15.9 Å². The first-order valence-corrected chi connectivity index (χ1v) is 9.98. The number of amidine groups is 1. The van der Waals surface area contributed by atoms with Crippen LogP contribution in [0.2, 0.25) is 0 Å². The van der Waals surface area contributed by atoms with Crippen molar-refractivity contribution in [3.8, 4) is 17.1 Å². The van der Waals surface area contributed by atoms with Crippen LogP contribution in [0.4, 0.5) is 0 Å². The Kier molecular flexibility index (Phi) is 5.11. The first-order valence-electron chi connectivity index (χ1n) is 9.98. The lowest BCUT2D eigenvalue weighted by atomic mass is 9.81. The van der Waals surface area contributed by atoms with E-state index in [0.717, 1.165) is 41.0 Å². The number of ether oxygens (including phenoxy) is 1. The van der Waals surface area contributed by atoms with Gasteiger partial charge in [0.2, 0.25) is 0 Å². The predicted octanol–water partition coefficient (Wildman–Crippen LogP) is 2.86. The fourth-order valence-electron chi connectivity index (χ4n) is 4.40. The summed E-state index contributed by atoms with van der Waals surface area (Å²) in [7, 11) is 3.39. The Bertz CT molecular complexity index is 1110. The number of carboxylic acids is 1. The van der Waals surface area contributed by atoms with Crippen LogP contribution >= 0.6 is 0 Å². The van der Waals surface area contributed by atoms with E-state index in [1.54, 1.807) is 18.8 Å². The highest BCUT2D eigenvalue weighted by Crippen LogP contribution is 2.38. The SMILES string of the molecule is CNn1c(C2CCC(C(=O)O)CC2)nc(-c2cc3cccc(OC)c3[nH]2)c1C(=N)N. The molecule has 0 atom stereocenters. The number of benzene rings is 1. The molecule has 2 heterocycles. The van der Waals surface area contributed by atoms with E-state index in [1.165, 1.54) is 0 Å². The predicted molar refractivity (Wildman–Crippen MR) is 115 cm³/mol. The maximum absolute atomic E-state index is 11.3. The van der Waals surface area contributed by atoms with Gasteiger partial charge in [0.1, 0.15) is 28.8 Å². The molecular formula is C21H26N6O3. The lowest BCUT2D eigenvalue weighted by molar-refractivity contribution is -0.142. The summed E-state index contributed by atoms with van der Waals surface area (Å²) in [6.45, 7) is 0. The number of aromatic amines is 1. The summed E-state index contributed by atoms with van der Waals surface area (Å²) in [6, 6.07) is 7.75. The standard InChI is InChI=1S/C21H26N6O3/c1-24-27-18(19(22)23)17(14-10-13-4-3-5-15(30-2)16(13)25-14)26-20(27)11-6-8-12(9-7-11)21(28)29/h3-5,10-12,24-25H,6-9H2,1-2H3,(H3,22,23)(H,28,29). The number of hydrogen-bond donors (Lipinski definition) is 5. The molecule has 1 aliphatic rings. The van der Waals surface area contributed by atoms with Gasteiger partial charge in [-0.05, 0) is 37.8 Å². The number of carboxylic acid groups (broad SMARTS) is 1. The van der Waals surface area contributed by atoms with E-state index in [-0.39, 0.29) is 17.7 Å². The number of nitrogens with zero attached hydrogens (tertiary/aromatic N) is 2. The number of carbonyl (C=O) groups is 1. The second kappa shape index (κ2) is 7.74. The number of hydrogen-bond acceptors (Lipinski definition) is 5. The smallest absolute Gasteiger partial charge is 0.306 e. The van der Waals surface area contributed by atoms with Crippen molar-refractivity contribution in [1.29, 1.82) is 5.41 Å². The second-order valence-electron chi connectivity index (χ2n) is 7.63. The molecule has 4 rings (SSSR count). The third-order valence-corrected chi connectivity index (χ3v) is 5.92. The number of fused-ring (bicyclic) bond motifs is 1. The molecule has 1 aromatic carbocycles. The third kappa shape index (κ3) is 3.26. The maximum Gasteiger partial charge on any atom is 0.306 e. The van der Waals surface area contributed by atoms with Crippen LogP contribution in [0.25, 0.3) is 22.3 Å². The van der Waals surface area contributed by atoms with Crippen molar-refractivity contribution < 1.29 is 14.6 Å². The van der Waals surface area contributed by atoms with E-state index in [9.17, 15) is 9.90 Å². The maximum atomic E-state index is 11.3. The summed E-state index contributed by atoms with van der Waals surface area (Å²) in [5.41, 5.74) is 11.7. The number of imidazole rings is 1. The van der Waals surface area contributed by atoms with E-state index in [2.05, 4.69) is 10.4 Å². The molecule has 30 heavy (non-hydrogen) atoms. The van der Waals surface area contributed by atoms with Crippen LogP contribution in [0.1, 0.15) is 43.1 Å². The second-order valence-corrected chi connectivity index (χ2v) is 7.63. The Labute approximate surface area is 173 Å². The fraction of sp³-hybridized carbons (Fsp3) is 0.381. The Hall–Kier alpha value is -3.49. The molecule has 0 unspecified atom stereocenters. The van der Waals surface area contributed by atoms with Crippen molar-refractivity contribution in [1.82, 2.24) is 14.6 Å². The van der Waals surface area contributed by atoms with Crippen LogP contribution in [0, 0.1) is 11.3 Å². The van der Waals surface area contributed by atoms with Crippen molar-refractivity contribution in [2.45, 2.75) is 31.6 Å². The summed E-state index contributed by atoms with van der Waals surface area (Å²) in [6.07, 6.45) is 2.69. The molecule has 2 aromatic heterocycles. The van der Waals surface area contributed by atoms with Gasteiger partial charge in [-0.25, -0.2) is 9.66 Å². The van der Waals surface area contributed by atoms with Crippen molar-refractivity contribution in [3.63, 3.8) is 0 Å². The van der Waals surface area contributed by atoms with E-state index >= 15 is 0 Å². The molecule has 1 aliphatic carbocycles. The molecule has 9 nitrogen and oxygen atoms in total. The van der Waals surface area contributed by atoms with Crippen LogP contribution in [0.15, 0.2) is 24.3 Å². The zero-order valence-corrected chi connectivity index (χ0v) is 17.0. The summed E-state index contributed by atoms with van der Waals surface area (Å²) < 4.78 is 7.20. The Balaban J connectivity index is 1.79. The number of methoxy groups -OCH3 is 1. The summed E-state index contributed by atoms with van der Waals surface area (Å²) in [5, 5.41) is 18.4. The van der Waals surface area contributed by atoms with E-state index in [0.29, 0.717) is 24.2 Å². The summed E-state index contributed by atoms with van der Waals surface area (Å²) in [4.78, 5) is 19.5. The largest absolute Gasteiger partial charge is 0.495 e. The number of nitrogens with two attached hydrogens (primary N) is 1. The number of H-pyrrole nitrogens is 1. The minimum Gasteiger partial charge on any atom is -0.495 e. The van der Waals surface area contributed by atoms with Crippen LogP contribution in [-0.4, -0.2) is 45.7 Å². The van der Waals surface area contributed by atoms with Gasteiger partial charge < -0.3 is 26.0 Å². The molecule has 6 N–H and O–H groups in total. The number of para-hydroxylation sites is 1. The first kappa shape index (κ1) is 19.8. The van der Waals surface area contributed by atoms with E-state index in [4.69, 9.17) is 20.9 Å². The Morgan fingerprint density at radius 3 is 2.70 bits per heavy atom. The zero-order chi connectivity index (χ0) is 21.4. The fourth-order valence-corrected chi connectivity index (χ4v) is 4.40. The molecule has 0 amide bonds. The summed E-state index contributed by atoms with van der Waals surface area (Å²) in [5.74, 6) is 0.465. The molecule has 3 aromatic rings. The normalized spacial score (nSPS) is 19.0. The quantitative estimate of drug-likeness (QED) is 0.312. The Morgan fingerprint density at radius 2 is 2.10 bits per heavy atom. The third-order valence-electron chi connectivity index (χ3n) is 5.92. The molecule has 0 bridgehead atoms. The first-order chi connectivity index (χ1) is 14.4. The monoisotopic (exact) mass is 410 g/mol. The highest BCUT2D eigenvalue weighted by molar-refractivity contribution is 6.00. The number of nitrogens with one attached hydrogen (secondary N) is 3. The van der Waals surface area contributed by atoms with Gasteiger partial charge in [0.05, 0.1) is 24.2 Å². The number of aromatic nitrogens is 3. The van der Waals surface area contributed by atoms with Gasteiger partial charge in [-0.3, -0.25) is 10.2 Å². The van der Waals surface area contributed by atoms with Crippen molar-refractivity contribution in [2.75, 3.05) is 19.6 Å². The zero-order valence-electron chi connectivity index (χ0n) is 17.0. The molecule has 0 saturated heterocycles. The summed E-state index contributed by atoms with van der Waals surface area (Å²) >= 11 is 0. The lowest BCUT2D eigenvalue weighted by Crippen LogP contribution is -2.27. The molecule has 0 radical (unpaired) electrons. The number of aliphatic carboxylic acids is 1. The van der Waals surface area contributed by atoms with Crippen LogP contribution in [0.5, 0.6) is 5.75 Å². The minimum absolute atomic E-state index is 0.0945. The van der Waals surface area contributed by atoms with Crippen molar-refractivity contribution in [2.24, 2.45) is 11.7 Å². The van der Waals surface area contributed by atoms with Gasteiger partial charge in [-0.15, -0.1) is 0 Å². The van der Waals surface area contributed by atoms with Gasteiger partial charge >= 0.3 is 5.97 Å². The van der Waals surface area contributed by atoms with Crippen molar-refractivity contribution in [3.05, 3.63) is 35.8 Å². The molecule has 9 heteroatoms. The average molecular weight is 410 g/mol. The van der Waals surface area contributed by atoms with Gasteiger partial charge in [0.15, 0.2) is 0 Å². The highest BCUT2D eigenvalue weighted by Gasteiger charge is 2.32. The molecule has 1 fully saturated rings. The van der Waals surface area contributed by atoms with Gasteiger partial charge in [-0.1, -0.05) is 12.1 Å². The number of nitrogen functional groups attached to an aromatic ring is 1.